The number of carbonyl (C=O) groups excluding carboxylic acids is 1. The van der Waals surface area contributed by atoms with Crippen molar-refractivity contribution in [1.82, 2.24) is 0 Å². The van der Waals surface area contributed by atoms with Gasteiger partial charge in [0.25, 0.3) is 0 Å². The molecule has 3 nitrogen and oxygen atoms in total. The SMILES string of the molecule is CCc1cc(NC(=O)OC(C)(C)C)ccc1C. The molecule has 0 radical (unpaired) electrons. The van der Waals surface area contributed by atoms with Crippen molar-refractivity contribution in [2.75, 3.05) is 5.32 Å². The summed E-state index contributed by atoms with van der Waals surface area (Å²) in [7, 11) is 0. The summed E-state index contributed by atoms with van der Waals surface area (Å²) in [6.45, 7) is 9.70. The zero-order valence-electron chi connectivity index (χ0n) is 11.3. The molecule has 0 saturated carbocycles. The molecule has 1 N–H and O–H groups in total. The average Bonchev–Trinajstić information content (AvgIpc) is 2.18. The van der Waals surface area contributed by atoms with Gasteiger partial charge in [-0.1, -0.05) is 13.0 Å². The number of benzene rings is 1. The fraction of sp³-hybridized carbons (Fsp3) is 0.500. The van der Waals surface area contributed by atoms with Gasteiger partial charge in [0.2, 0.25) is 0 Å². The molecule has 0 unspecified atom stereocenters. The lowest BCUT2D eigenvalue weighted by molar-refractivity contribution is 0.0636. The van der Waals surface area contributed by atoms with Gasteiger partial charge < -0.3 is 4.74 Å². The summed E-state index contributed by atoms with van der Waals surface area (Å²) in [6, 6.07) is 5.88. The number of rotatable bonds is 2. The molecule has 0 bridgehead atoms. The van der Waals surface area contributed by atoms with E-state index in [2.05, 4.69) is 19.2 Å². The number of anilines is 1. The van der Waals surface area contributed by atoms with Gasteiger partial charge in [0.1, 0.15) is 5.60 Å². The minimum absolute atomic E-state index is 0.414. The van der Waals surface area contributed by atoms with Crippen LogP contribution in [-0.4, -0.2) is 11.7 Å². The van der Waals surface area contributed by atoms with Crippen LogP contribution in [0.4, 0.5) is 10.5 Å². The van der Waals surface area contributed by atoms with Crippen LogP contribution in [0.5, 0.6) is 0 Å². The van der Waals surface area contributed by atoms with Crippen LogP contribution in [0.1, 0.15) is 38.8 Å². The molecular formula is C14H21NO2. The number of aryl methyl sites for hydroxylation is 2. The lowest BCUT2D eigenvalue weighted by Crippen LogP contribution is -2.27. The lowest BCUT2D eigenvalue weighted by atomic mass is 10.1. The molecule has 0 fully saturated rings. The Kier molecular flexibility index (Phi) is 4.16. The van der Waals surface area contributed by atoms with Gasteiger partial charge in [0.05, 0.1) is 0 Å². The molecule has 17 heavy (non-hydrogen) atoms. The maximum Gasteiger partial charge on any atom is 0.412 e. The topological polar surface area (TPSA) is 38.3 Å². The molecule has 0 atom stereocenters. The predicted molar refractivity (Wildman–Crippen MR) is 70.4 cm³/mol. The standard InChI is InChI=1S/C14H21NO2/c1-6-11-9-12(8-7-10(11)2)15-13(16)17-14(3,4)5/h7-9H,6H2,1-5H3,(H,15,16). The van der Waals surface area contributed by atoms with E-state index in [1.54, 1.807) is 0 Å². The smallest absolute Gasteiger partial charge is 0.412 e. The van der Waals surface area contributed by atoms with Crippen LogP contribution in [0.3, 0.4) is 0 Å². The second-order valence-electron chi connectivity index (χ2n) is 5.12. The monoisotopic (exact) mass is 235 g/mol. The first-order valence-corrected chi connectivity index (χ1v) is 5.91. The van der Waals surface area contributed by atoms with Crippen LogP contribution in [0.15, 0.2) is 18.2 Å². The lowest BCUT2D eigenvalue weighted by Gasteiger charge is -2.20. The van der Waals surface area contributed by atoms with Gasteiger partial charge in [-0.25, -0.2) is 4.79 Å². The van der Waals surface area contributed by atoms with Crippen molar-refractivity contribution in [3.63, 3.8) is 0 Å². The number of nitrogens with one attached hydrogen (secondary N) is 1. The zero-order chi connectivity index (χ0) is 13.1. The van der Waals surface area contributed by atoms with Gasteiger partial charge in [-0.15, -0.1) is 0 Å². The quantitative estimate of drug-likeness (QED) is 0.844. The Morgan fingerprint density at radius 2 is 2.00 bits per heavy atom. The van der Waals surface area contributed by atoms with Crippen LogP contribution < -0.4 is 5.32 Å². The highest BCUT2D eigenvalue weighted by Gasteiger charge is 2.16. The van der Waals surface area contributed by atoms with Crippen molar-refractivity contribution >= 4 is 11.8 Å². The summed E-state index contributed by atoms with van der Waals surface area (Å²) >= 11 is 0. The van der Waals surface area contributed by atoms with Gasteiger partial charge >= 0.3 is 6.09 Å². The van der Waals surface area contributed by atoms with Gasteiger partial charge in [-0.05, 0) is 57.4 Å². The average molecular weight is 235 g/mol. The van der Waals surface area contributed by atoms with E-state index in [9.17, 15) is 4.79 Å². The highest BCUT2D eigenvalue weighted by Crippen LogP contribution is 2.17. The molecule has 94 valence electrons. The van der Waals surface area contributed by atoms with Crippen LogP contribution in [0.2, 0.25) is 0 Å². The van der Waals surface area contributed by atoms with Crippen molar-refractivity contribution in [1.29, 1.82) is 0 Å². The molecule has 1 amide bonds. The number of amides is 1. The molecule has 0 aliphatic carbocycles. The van der Waals surface area contributed by atoms with Crippen molar-refractivity contribution < 1.29 is 9.53 Å². The highest BCUT2D eigenvalue weighted by atomic mass is 16.6. The van der Waals surface area contributed by atoms with E-state index in [1.165, 1.54) is 11.1 Å². The van der Waals surface area contributed by atoms with Crippen molar-refractivity contribution in [3.05, 3.63) is 29.3 Å². The fourth-order valence-electron chi connectivity index (χ4n) is 1.55. The Morgan fingerprint density at radius 1 is 1.35 bits per heavy atom. The summed E-state index contributed by atoms with van der Waals surface area (Å²) in [5, 5.41) is 2.74. The van der Waals surface area contributed by atoms with Crippen LogP contribution in [0, 0.1) is 6.92 Å². The summed E-state index contributed by atoms with van der Waals surface area (Å²) in [6.07, 6.45) is 0.541. The molecule has 0 aliphatic rings. The number of hydrogen-bond acceptors (Lipinski definition) is 2. The third kappa shape index (κ3) is 4.47. The van der Waals surface area contributed by atoms with E-state index in [-0.39, 0.29) is 0 Å². The molecule has 1 rings (SSSR count). The molecule has 0 aromatic heterocycles. The summed E-state index contributed by atoms with van der Waals surface area (Å²) < 4.78 is 5.20. The molecule has 1 aromatic carbocycles. The Morgan fingerprint density at radius 3 is 2.53 bits per heavy atom. The highest BCUT2D eigenvalue weighted by molar-refractivity contribution is 5.85. The van der Waals surface area contributed by atoms with Gasteiger partial charge in [-0.3, -0.25) is 5.32 Å². The first kappa shape index (κ1) is 13.6. The molecule has 0 spiro atoms. The largest absolute Gasteiger partial charge is 0.444 e. The molecular weight excluding hydrogens is 214 g/mol. The molecule has 3 heteroatoms. The minimum Gasteiger partial charge on any atom is -0.444 e. The van der Waals surface area contributed by atoms with E-state index in [1.807, 2.05) is 39.0 Å². The van der Waals surface area contributed by atoms with E-state index in [0.717, 1.165) is 12.1 Å². The Bertz CT molecular complexity index is 405. The minimum atomic E-state index is -0.470. The number of ether oxygens (including phenoxy) is 1. The predicted octanol–water partition coefficient (Wildman–Crippen LogP) is 3.90. The molecule has 0 saturated heterocycles. The first-order chi connectivity index (χ1) is 7.81. The van der Waals surface area contributed by atoms with Crippen molar-refractivity contribution in [3.8, 4) is 0 Å². The maximum absolute atomic E-state index is 11.6. The normalized spacial score (nSPS) is 11.1. The fourth-order valence-corrected chi connectivity index (χ4v) is 1.55. The van der Waals surface area contributed by atoms with Crippen molar-refractivity contribution in [2.45, 2.75) is 46.6 Å². The van der Waals surface area contributed by atoms with Gasteiger partial charge in [0, 0.05) is 5.69 Å². The van der Waals surface area contributed by atoms with Crippen LogP contribution >= 0.6 is 0 Å². The van der Waals surface area contributed by atoms with E-state index in [0.29, 0.717) is 0 Å². The van der Waals surface area contributed by atoms with Crippen LogP contribution in [-0.2, 0) is 11.2 Å². The number of hydrogen-bond donors (Lipinski definition) is 1. The summed E-state index contributed by atoms with van der Waals surface area (Å²) in [5.74, 6) is 0. The molecule has 1 aromatic rings. The van der Waals surface area contributed by atoms with E-state index in [4.69, 9.17) is 4.74 Å². The zero-order valence-corrected chi connectivity index (χ0v) is 11.3. The van der Waals surface area contributed by atoms with E-state index < -0.39 is 11.7 Å². The Hall–Kier alpha value is -1.51. The molecule has 0 heterocycles. The first-order valence-electron chi connectivity index (χ1n) is 5.91. The van der Waals surface area contributed by atoms with Crippen molar-refractivity contribution in [2.24, 2.45) is 0 Å². The second kappa shape index (κ2) is 5.21. The van der Waals surface area contributed by atoms with Gasteiger partial charge in [0.15, 0.2) is 0 Å². The summed E-state index contributed by atoms with van der Waals surface area (Å²) in [4.78, 5) is 11.6. The third-order valence-electron chi connectivity index (χ3n) is 2.38. The third-order valence-corrected chi connectivity index (χ3v) is 2.38. The molecule has 0 aliphatic heterocycles. The second-order valence-corrected chi connectivity index (χ2v) is 5.12. The maximum atomic E-state index is 11.6. The Balaban J connectivity index is 2.72. The van der Waals surface area contributed by atoms with Gasteiger partial charge in [-0.2, -0.15) is 0 Å². The van der Waals surface area contributed by atoms with E-state index >= 15 is 0 Å². The Labute approximate surface area is 103 Å². The number of carbonyl (C=O) groups is 1. The van der Waals surface area contributed by atoms with Crippen LogP contribution in [0.25, 0.3) is 0 Å². The summed E-state index contributed by atoms with van der Waals surface area (Å²) in [5.41, 5.74) is 2.78.